The van der Waals surface area contributed by atoms with Crippen LogP contribution < -0.4 is 5.32 Å². The van der Waals surface area contributed by atoms with Gasteiger partial charge in [-0.05, 0) is 44.3 Å². The lowest BCUT2D eigenvalue weighted by Crippen LogP contribution is -2.35. The fourth-order valence-electron chi connectivity index (χ4n) is 3.83. The van der Waals surface area contributed by atoms with Gasteiger partial charge in [0.2, 0.25) is 5.91 Å². The van der Waals surface area contributed by atoms with Gasteiger partial charge in [-0.25, -0.2) is 4.98 Å². The Hall–Kier alpha value is -0.590. The number of hydrogen-bond donors (Lipinski definition) is 1. The van der Waals surface area contributed by atoms with Crippen LogP contribution in [0, 0.1) is 12.8 Å². The lowest BCUT2D eigenvalue weighted by molar-refractivity contribution is -0.116. The van der Waals surface area contributed by atoms with Crippen LogP contribution in [0.1, 0.15) is 70.9 Å². The first kappa shape index (κ1) is 25.7. The highest BCUT2D eigenvalue weighted by Gasteiger charge is 2.33. The van der Waals surface area contributed by atoms with Crippen molar-refractivity contribution in [2.24, 2.45) is 5.92 Å². The van der Waals surface area contributed by atoms with E-state index in [9.17, 15) is 4.79 Å². The summed E-state index contributed by atoms with van der Waals surface area (Å²) in [4.78, 5) is 19.2. The van der Waals surface area contributed by atoms with E-state index in [1.165, 1.54) is 44.9 Å². The third-order valence-corrected chi connectivity index (χ3v) is 8.56. The molecule has 1 N–H and O–H groups in total. The molecular weight excluding hydrogens is 428 g/mol. The Balaban J connectivity index is 2.19. The van der Waals surface area contributed by atoms with Gasteiger partial charge in [0.1, 0.15) is 5.03 Å². The first-order chi connectivity index (χ1) is 14.5. The SMILES string of the molecule is CCCCCC1C=CC(CCCCC)C(C(=O)Nc2c(SC)cc(C)nc2SC)S1. The number of unbranched alkanes of at least 4 members (excludes halogenated alkanes) is 4. The minimum absolute atomic E-state index is 0.0239. The van der Waals surface area contributed by atoms with Crippen LogP contribution in [0.3, 0.4) is 0 Å². The molecule has 3 nitrogen and oxygen atoms in total. The molecular formula is C24H38N2OS3. The van der Waals surface area contributed by atoms with Crippen molar-refractivity contribution in [3.8, 4) is 0 Å². The second-order valence-electron chi connectivity index (χ2n) is 7.97. The number of rotatable bonds is 12. The Morgan fingerprint density at radius 3 is 2.40 bits per heavy atom. The van der Waals surface area contributed by atoms with Crippen LogP contribution in [0.15, 0.2) is 28.1 Å². The summed E-state index contributed by atoms with van der Waals surface area (Å²) in [5.74, 6) is 0.459. The summed E-state index contributed by atoms with van der Waals surface area (Å²) in [5, 5.41) is 4.62. The number of thioether (sulfide) groups is 3. The zero-order valence-electron chi connectivity index (χ0n) is 19.2. The summed E-state index contributed by atoms with van der Waals surface area (Å²) in [6.07, 6.45) is 18.4. The van der Waals surface area contributed by atoms with Gasteiger partial charge in [0.05, 0.1) is 10.9 Å². The van der Waals surface area contributed by atoms with Crippen molar-refractivity contribution in [2.75, 3.05) is 17.8 Å². The van der Waals surface area contributed by atoms with Crippen molar-refractivity contribution in [1.29, 1.82) is 0 Å². The molecule has 0 bridgehead atoms. The van der Waals surface area contributed by atoms with E-state index in [0.717, 1.165) is 27.7 Å². The van der Waals surface area contributed by atoms with Crippen molar-refractivity contribution >= 4 is 46.9 Å². The van der Waals surface area contributed by atoms with E-state index in [0.29, 0.717) is 11.2 Å². The number of allylic oxidation sites excluding steroid dienone is 1. The maximum Gasteiger partial charge on any atom is 0.238 e. The molecule has 168 valence electrons. The number of nitrogens with one attached hydrogen (secondary N) is 1. The van der Waals surface area contributed by atoms with Gasteiger partial charge >= 0.3 is 0 Å². The number of carbonyl (C=O) groups is 1. The fourth-order valence-corrected chi connectivity index (χ4v) is 6.61. The average molecular weight is 467 g/mol. The van der Waals surface area contributed by atoms with Crippen molar-refractivity contribution in [3.63, 3.8) is 0 Å². The highest BCUT2D eigenvalue weighted by atomic mass is 32.2. The largest absolute Gasteiger partial charge is 0.322 e. The van der Waals surface area contributed by atoms with Crippen LogP contribution >= 0.6 is 35.3 Å². The molecule has 2 rings (SSSR count). The van der Waals surface area contributed by atoms with E-state index in [1.807, 2.05) is 24.9 Å². The second kappa shape index (κ2) is 13.7. The molecule has 2 heterocycles. The Labute approximate surface area is 196 Å². The molecule has 1 amide bonds. The molecule has 0 spiro atoms. The van der Waals surface area contributed by atoms with Gasteiger partial charge in [-0.2, -0.15) is 0 Å². The van der Waals surface area contributed by atoms with Gasteiger partial charge in [-0.15, -0.1) is 35.3 Å². The fraction of sp³-hybridized carbons (Fsp3) is 0.667. The first-order valence-electron chi connectivity index (χ1n) is 11.3. The number of aryl methyl sites for hydroxylation is 1. The minimum Gasteiger partial charge on any atom is -0.322 e. The molecule has 0 saturated heterocycles. The monoisotopic (exact) mass is 466 g/mol. The number of pyridine rings is 1. The summed E-state index contributed by atoms with van der Waals surface area (Å²) in [7, 11) is 0. The first-order valence-corrected chi connectivity index (χ1v) is 14.7. The molecule has 1 aromatic rings. The van der Waals surface area contributed by atoms with Gasteiger partial charge in [-0.1, -0.05) is 64.5 Å². The van der Waals surface area contributed by atoms with Crippen molar-refractivity contribution in [3.05, 3.63) is 23.9 Å². The lowest BCUT2D eigenvalue weighted by atomic mass is 9.95. The maximum absolute atomic E-state index is 13.5. The number of hydrogen-bond acceptors (Lipinski definition) is 5. The Morgan fingerprint density at radius 1 is 1.07 bits per heavy atom. The highest BCUT2D eigenvalue weighted by molar-refractivity contribution is 8.01. The van der Waals surface area contributed by atoms with E-state index < -0.39 is 0 Å². The Morgan fingerprint density at radius 2 is 1.77 bits per heavy atom. The van der Waals surface area contributed by atoms with Crippen LogP contribution in [0.4, 0.5) is 5.69 Å². The summed E-state index contributed by atoms with van der Waals surface area (Å²) in [6.45, 7) is 6.49. The minimum atomic E-state index is -0.0239. The molecule has 1 aliphatic heterocycles. The Kier molecular flexibility index (Phi) is 11.8. The number of aromatic nitrogens is 1. The topological polar surface area (TPSA) is 42.0 Å². The molecule has 1 aliphatic rings. The Bertz CT molecular complexity index is 683. The number of anilines is 1. The molecule has 30 heavy (non-hydrogen) atoms. The summed E-state index contributed by atoms with van der Waals surface area (Å²) >= 11 is 5.14. The normalized spacial score (nSPS) is 21.0. The molecule has 6 heteroatoms. The predicted octanol–water partition coefficient (Wildman–Crippen LogP) is 7.59. The van der Waals surface area contributed by atoms with E-state index in [-0.39, 0.29) is 11.2 Å². The zero-order chi connectivity index (χ0) is 21.9. The zero-order valence-corrected chi connectivity index (χ0v) is 21.7. The molecule has 0 aliphatic carbocycles. The van der Waals surface area contributed by atoms with Gasteiger partial charge in [0, 0.05) is 15.8 Å². The highest BCUT2D eigenvalue weighted by Crippen LogP contribution is 2.39. The third kappa shape index (κ3) is 7.52. The lowest BCUT2D eigenvalue weighted by Gasteiger charge is -2.31. The molecule has 3 unspecified atom stereocenters. The molecule has 0 radical (unpaired) electrons. The van der Waals surface area contributed by atoms with Crippen LogP contribution in [0.2, 0.25) is 0 Å². The number of carbonyl (C=O) groups excluding carboxylic acids is 1. The average Bonchev–Trinajstić information content (AvgIpc) is 2.75. The van der Waals surface area contributed by atoms with Crippen molar-refractivity contribution in [1.82, 2.24) is 4.98 Å². The predicted molar refractivity (Wildman–Crippen MR) is 137 cm³/mol. The smallest absolute Gasteiger partial charge is 0.238 e. The summed E-state index contributed by atoms with van der Waals surface area (Å²) < 4.78 is 0. The molecule has 1 aromatic heterocycles. The van der Waals surface area contributed by atoms with Crippen LogP contribution in [0.5, 0.6) is 0 Å². The van der Waals surface area contributed by atoms with Crippen molar-refractivity contribution in [2.45, 2.75) is 92.6 Å². The van der Waals surface area contributed by atoms with Gasteiger partial charge in [-0.3, -0.25) is 4.79 Å². The van der Waals surface area contributed by atoms with E-state index in [4.69, 9.17) is 0 Å². The van der Waals surface area contributed by atoms with Gasteiger partial charge in [0.25, 0.3) is 0 Å². The van der Waals surface area contributed by atoms with Crippen LogP contribution in [0.25, 0.3) is 0 Å². The van der Waals surface area contributed by atoms with Gasteiger partial charge in [0.15, 0.2) is 0 Å². The van der Waals surface area contributed by atoms with Crippen LogP contribution in [-0.4, -0.2) is 33.9 Å². The van der Waals surface area contributed by atoms with Crippen molar-refractivity contribution < 1.29 is 4.79 Å². The van der Waals surface area contributed by atoms with E-state index in [2.05, 4.69) is 48.6 Å². The van der Waals surface area contributed by atoms with E-state index in [1.54, 1.807) is 23.5 Å². The van der Waals surface area contributed by atoms with Crippen LogP contribution in [-0.2, 0) is 4.79 Å². The summed E-state index contributed by atoms with van der Waals surface area (Å²) in [5.41, 5.74) is 1.88. The number of nitrogens with zero attached hydrogens (tertiary/aromatic N) is 1. The quantitative estimate of drug-likeness (QED) is 0.195. The standard InChI is InChI=1S/C24H38N2OS3/c1-6-8-10-12-18-14-15-19(13-11-9-7-2)30-22(18)23(27)26-21-20(28-4)16-17(3)25-24(21)29-5/h14-16,18-19,22H,6-13H2,1-5H3,(H,26,27). The second-order valence-corrected chi connectivity index (χ2v) is 11.0. The molecule has 0 aromatic carbocycles. The molecule has 0 fully saturated rings. The van der Waals surface area contributed by atoms with Gasteiger partial charge < -0.3 is 5.32 Å². The maximum atomic E-state index is 13.5. The molecule has 3 atom stereocenters. The third-order valence-electron chi connectivity index (χ3n) is 5.51. The number of amides is 1. The van der Waals surface area contributed by atoms with E-state index >= 15 is 0 Å². The molecule has 0 saturated carbocycles. The summed E-state index contributed by atoms with van der Waals surface area (Å²) in [6, 6.07) is 2.07.